The van der Waals surface area contributed by atoms with Gasteiger partial charge in [-0.25, -0.2) is 8.78 Å². The van der Waals surface area contributed by atoms with Crippen LogP contribution in [0.2, 0.25) is 5.02 Å². The maximum atomic E-state index is 13.2. The molecule has 1 aromatic rings. The smallest absolute Gasteiger partial charge is 0.167 e. The van der Waals surface area contributed by atoms with Crippen molar-refractivity contribution in [1.29, 1.82) is 0 Å². The molecular formula is C14H15ClF2O. The van der Waals surface area contributed by atoms with Gasteiger partial charge in [-0.2, -0.15) is 0 Å². The fraction of sp³-hybridized carbons (Fsp3) is 0.500. The lowest BCUT2D eigenvalue weighted by Crippen LogP contribution is -2.15. The molecule has 1 saturated carbocycles. The summed E-state index contributed by atoms with van der Waals surface area (Å²) in [7, 11) is 0. The lowest BCUT2D eigenvalue weighted by molar-refractivity contribution is 0.0907. The van der Waals surface area contributed by atoms with Gasteiger partial charge in [-0.1, -0.05) is 37.3 Å². The molecule has 0 spiro atoms. The maximum absolute atomic E-state index is 13.2. The highest BCUT2D eigenvalue weighted by Gasteiger charge is 2.24. The molecule has 1 aromatic carbocycles. The minimum Gasteiger partial charge on any atom is -0.294 e. The first-order valence-corrected chi connectivity index (χ1v) is 6.66. The molecule has 0 heterocycles. The van der Waals surface area contributed by atoms with Gasteiger partial charge in [0.15, 0.2) is 17.4 Å². The van der Waals surface area contributed by atoms with Crippen LogP contribution in [0.15, 0.2) is 12.1 Å². The summed E-state index contributed by atoms with van der Waals surface area (Å²) in [4.78, 5) is 12.3. The Labute approximate surface area is 110 Å². The van der Waals surface area contributed by atoms with Crippen LogP contribution < -0.4 is 0 Å². The second kappa shape index (κ2) is 5.79. The molecule has 0 saturated heterocycles. The zero-order valence-corrected chi connectivity index (χ0v) is 10.8. The van der Waals surface area contributed by atoms with E-state index in [1.807, 2.05) is 0 Å². The third-order valence-electron chi connectivity index (χ3n) is 3.50. The summed E-state index contributed by atoms with van der Waals surface area (Å²) in [5.41, 5.74) is 0.113. The number of benzene rings is 1. The van der Waals surface area contributed by atoms with Crippen molar-refractivity contribution in [2.45, 2.75) is 38.5 Å². The van der Waals surface area contributed by atoms with E-state index in [4.69, 9.17) is 11.6 Å². The summed E-state index contributed by atoms with van der Waals surface area (Å²) in [6, 6.07) is 1.80. The molecule has 0 bridgehead atoms. The molecule has 0 radical (unpaired) electrons. The fourth-order valence-electron chi connectivity index (χ4n) is 2.47. The van der Waals surface area contributed by atoms with E-state index in [2.05, 4.69) is 0 Å². The molecule has 18 heavy (non-hydrogen) atoms. The number of hydrogen-bond acceptors (Lipinski definition) is 1. The van der Waals surface area contributed by atoms with Crippen molar-refractivity contribution in [2.75, 3.05) is 0 Å². The largest absolute Gasteiger partial charge is 0.294 e. The van der Waals surface area contributed by atoms with E-state index in [1.165, 1.54) is 0 Å². The first-order chi connectivity index (χ1) is 8.59. The number of rotatable bonds is 2. The second-order valence-electron chi connectivity index (χ2n) is 4.80. The molecule has 1 nitrogen and oxygen atoms in total. The Balaban J connectivity index is 2.24. The van der Waals surface area contributed by atoms with Crippen LogP contribution in [-0.2, 0) is 0 Å². The Hall–Kier alpha value is -0.960. The Bertz CT molecular complexity index is 451. The minimum atomic E-state index is -1.02. The van der Waals surface area contributed by atoms with Crippen LogP contribution in [0.4, 0.5) is 8.78 Å². The third-order valence-corrected chi connectivity index (χ3v) is 3.81. The van der Waals surface area contributed by atoms with Crippen molar-refractivity contribution in [2.24, 2.45) is 5.92 Å². The lowest BCUT2D eigenvalue weighted by Gasteiger charge is -2.13. The fourth-order valence-corrected chi connectivity index (χ4v) is 2.72. The van der Waals surface area contributed by atoms with E-state index >= 15 is 0 Å². The van der Waals surface area contributed by atoms with E-state index in [1.54, 1.807) is 0 Å². The summed E-state index contributed by atoms with van der Waals surface area (Å²) in [5, 5.41) is 0.00291. The number of halogens is 3. The van der Waals surface area contributed by atoms with Crippen LogP contribution in [-0.4, -0.2) is 5.78 Å². The van der Waals surface area contributed by atoms with Crippen molar-refractivity contribution >= 4 is 17.4 Å². The Morgan fingerprint density at radius 1 is 1.06 bits per heavy atom. The normalized spacial score (nSPS) is 17.5. The molecule has 0 N–H and O–H groups in total. The van der Waals surface area contributed by atoms with Gasteiger partial charge >= 0.3 is 0 Å². The number of carbonyl (C=O) groups is 1. The van der Waals surface area contributed by atoms with Gasteiger partial charge in [0.05, 0.1) is 5.02 Å². The van der Waals surface area contributed by atoms with E-state index in [9.17, 15) is 13.6 Å². The highest BCUT2D eigenvalue weighted by atomic mass is 35.5. The van der Waals surface area contributed by atoms with Gasteiger partial charge in [-0.05, 0) is 25.0 Å². The number of hydrogen-bond donors (Lipinski definition) is 0. The van der Waals surface area contributed by atoms with Gasteiger partial charge in [-0.15, -0.1) is 0 Å². The van der Waals surface area contributed by atoms with E-state index in [0.717, 1.165) is 50.7 Å². The predicted molar refractivity (Wildman–Crippen MR) is 66.9 cm³/mol. The van der Waals surface area contributed by atoms with Gasteiger partial charge < -0.3 is 0 Å². The Morgan fingerprint density at radius 3 is 2.22 bits per heavy atom. The van der Waals surface area contributed by atoms with Gasteiger partial charge in [-0.3, -0.25) is 4.79 Å². The minimum absolute atomic E-state index is 0.00291. The molecule has 1 fully saturated rings. The highest BCUT2D eigenvalue weighted by molar-refractivity contribution is 6.34. The average Bonchev–Trinajstić information content (AvgIpc) is 2.61. The van der Waals surface area contributed by atoms with Crippen LogP contribution in [0.25, 0.3) is 0 Å². The molecule has 0 amide bonds. The molecular weight excluding hydrogens is 258 g/mol. The molecule has 2 rings (SSSR count). The molecule has 0 aliphatic heterocycles. The molecule has 0 atom stereocenters. The van der Waals surface area contributed by atoms with Crippen LogP contribution in [0.1, 0.15) is 48.9 Å². The van der Waals surface area contributed by atoms with Crippen LogP contribution in [0.3, 0.4) is 0 Å². The molecule has 1 aliphatic rings. The molecule has 4 heteroatoms. The summed E-state index contributed by atoms with van der Waals surface area (Å²) >= 11 is 5.83. The first-order valence-electron chi connectivity index (χ1n) is 6.28. The first kappa shape index (κ1) is 13.5. The van der Waals surface area contributed by atoms with Crippen molar-refractivity contribution in [3.8, 4) is 0 Å². The molecule has 0 aromatic heterocycles. The van der Waals surface area contributed by atoms with Crippen LogP contribution >= 0.6 is 11.6 Å². The zero-order chi connectivity index (χ0) is 13.1. The Kier molecular flexibility index (Phi) is 4.33. The van der Waals surface area contributed by atoms with Crippen molar-refractivity contribution in [1.82, 2.24) is 0 Å². The highest BCUT2D eigenvalue weighted by Crippen LogP contribution is 2.29. The topological polar surface area (TPSA) is 17.1 Å². The molecule has 1 aliphatic carbocycles. The molecule has 98 valence electrons. The molecule has 0 unspecified atom stereocenters. The summed E-state index contributed by atoms with van der Waals surface area (Å²) < 4.78 is 26.1. The predicted octanol–water partition coefficient (Wildman–Crippen LogP) is 4.77. The summed E-state index contributed by atoms with van der Waals surface area (Å²) in [6.07, 6.45) is 5.92. The second-order valence-corrected chi connectivity index (χ2v) is 5.21. The SMILES string of the molecule is O=C(c1cc(F)c(F)cc1Cl)C1CCCCCC1. The van der Waals surface area contributed by atoms with E-state index in [-0.39, 0.29) is 22.3 Å². The van der Waals surface area contributed by atoms with E-state index < -0.39 is 11.6 Å². The maximum Gasteiger partial charge on any atom is 0.167 e. The monoisotopic (exact) mass is 272 g/mol. The quantitative estimate of drug-likeness (QED) is 0.430. The Morgan fingerprint density at radius 2 is 1.61 bits per heavy atom. The van der Waals surface area contributed by atoms with Gasteiger partial charge in [0, 0.05) is 11.5 Å². The van der Waals surface area contributed by atoms with E-state index in [0.29, 0.717) is 0 Å². The van der Waals surface area contributed by atoms with Crippen LogP contribution in [0, 0.1) is 17.6 Å². The number of carbonyl (C=O) groups excluding carboxylic acids is 1. The van der Waals surface area contributed by atoms with Crippen molar-refractivity contribution < 1.29 is 13.6 Å². The van der Waals surface area contributed by atoms with Gasteiger partial charge in [0.2, 0.25) is 0 Å². The van der Waals surface area contributed by atoms with Gasteiger partial charge in [0.1, 0.15) is 0 Å². The van der Waals surface area contributed by atoms with Crippen molar-refractivity contribution in [3.05, 3.63) is 34.4 Å². The number of ketones is 1. The summed E-state index contributed by atoms with van der Waals surface area (Å²) in [6.45, 7) is 0. The van der Waals surface area contributed by atoms with Gasteiger partial charge in [0.25, 0.3) is 0 Å². The van der Waals surface area contributed by atoms with Crippen molar-refractivity contribution in [3.63, 3.8) is 0 Å². The average molecular weight is 273 g/mol. The third kappa shape index (κ3) is 2.89. The summed E-state index contributed by atoms with van der Waals surface area (Å²) in [5.74, 6) is -2.29. The number of Topliss-reactive ketones (excluding diaryl/α,β-unsaturated/α-hetero) is 1. The lowest BCUT2D eigenvalue weighted by atomic mass is 9.91. The van der Waals surface area contributed by atoms with Crippen LogP contribution in [0.5, 0.6) is 0 Å². The standard InChI is InChI=1S/C14H15ClF2O/c15-11-8-13(17)12(16)7-10(11)14(18)9-5-3-1-2-4-6-9/h7-9H,1-6H2. The zero-order valence-electron chi connectivity index (χ0n) is 10.0.